The second-order valence-electron chi connectivity index (χ2n) is 6.70. The van der Waals surface area contributed by atoms with Gasteiger partial charge in [0, 0.05) is 31.8 Å². The van der Waals surface area contributed by atoms with E-state index in [9.17, 15) is 19.4 Å². The molecule has 0 unspecified atom stereocenters. The monoisotopic (exact) mass is 360 g/mol. The Morgan fingerprint density at radius 3 is 2.62 bits per heavy atom. The van der Waals surface area contributed by atoms with Gasteiger partial charge in [-0.3, -0.25) is 4.79 Å². The highest BCUT2D eigenvalue weighted by Crippen LogP contribution is 2.24. The Morgan fingerprint density at radius 1 is 1.35 bits per heavy atom. The highest BCUT2D eigenvalue weighted by atomic mass is 19.1. The van der Waals surface area contributed by atoms with E-state index in [0.717, 1.165) is 6.20 Å². The number of hydrogen-bond acceptors (Lipinski definition) is 6. The minimum absolute atomic E-state index is 0.108. The van der Waals surface area contributed by atoms with E-state index in [1.54, 1.807) is 43.3 Å². The Morgan fingerprint density at radius 2 is 2.04 bits per heavy atom. The Bertz CT molecular complexity index is 813. The van der Waals surface area contributed by atoms with Crippen LogP contribution in [-0.4, -0.2) is 70.4 Å². The molecular weight excluding hydrogens is 339 g/mol. The minimum Gasteiger partial charge on any atom is -0.393 e. The Balaban J connectivity index is 1.79. The van der Waals surface area contributed by atoms with Crippen LogP contribution in [0.25, 0.3) is 11.4 Å². The van der Waals surface area contributed by atoms with Crippen molar-refractivity contribution in [3.63, 3.8) is 0 Å². The maximum absolute atomic E-state index is 13.7. The Hall–Kier alpha value is -2.58. The molecule has 3 rings (SSSR count). The number of benzene rings is 1. The van der Waals surface area contributed by atoms with Gasteiger partial charge in [0.05, 0.1) is 19.3 Å². The molecule has 2 aromatic rings. The number of amides is 1. The molecule has 2 N–H and O–H groups in total. The summed E-state index contributed by atoms with van der Waals surface area (Å²) in [4.78, 5) is 23.8. The molecule has 0 bridgehead atoms. The van der Waals surface area contributed by atoms with E-state index in [1.165, 1.54) is 4.90 Å². The van der Waals surface area contributed by atoms with Crippen molar-refractivity contribution in [3.8, 4) is 11.4 Å². The standard InChI is InChI=1S/C18H21FN4O3/c1-22(2)16-14(19)9-20-15(21-16)12-3-5-13(6-4-12)17(25)23-8-7-18(26,10-23)11-24/h3-6,9,24,26H,7-8,10-11H2,1-2H3/t18-/m1/s1. The summed E-state index contributed by atoms with van der Waals surface area (Å²) in [7, 11) is 3.39. The van der Waals surface area contributed by atoms with Crippen molar-refractivity contribution in [2.45, 2.75) is 12.0 Å². The van der Waals surface area contributed by atoms with E-state index >= 15 is 0 Å². The van der Waals surface area contributed by atoms with Gasteiger partial charge in [0.15, 0.2) is 17.5 Å². The van der Waals surface area contributed by atoms with Gasteiger partial charge >= 0.3 is 0 Å². The van der Waals surface area contributed by atoms with Gasteiger partial charge < -0.3 is 20.0 Å². The maximum Gasteiger partial charge on any atom is 0.253 e. The van der Waals surface area contributed by atoms with Crippen LogP contribution in [0.2, 0.25) is 0 Å². The predicted molar refractivity (Wildman–Crippen MR) is 94.3 cm³/mol. The van der Waals surface area contributed by atoms with Crippen molar-refractivity contribution < 1.29 is 19.4 Å². The van der Waals surface area contributed by atoms with Crippen LogP contribution >= 0.6 is 0 Å². The molecule has 8 heteroatoms. The lowest BCUT2D eigenvalue weighted by atomic mass is 10.1. The fourth-order valence-corrected chi connectivity index (χ4v) is 2.91. The summed E-state index contributed by atoms with van der Waals surface area (Å²) in [5.41, 5.74) is -0.0936. The molecule has 0 radical (unpaired) electrons. The van der Waals surface area contributed by atoms with E-state index in [0.29, 0.717) is 29.9 Å². The second-order valence-corrected chi connectivity index (χ2v) is 6.70. The van der Waals surface area contributed by atoms with Crippen LogP contribution in [0, 0.1) is 5.82 Å². The molecule has 7 nitrogen and oxygen atoms in total. The van der Waals surface area contributed by atoms with Gasteiger partial charge in [0.25, 0.3) is 5.91 Å². The summed E-state index contributed by atoms with van der Waals surface area (Å²) >= 11 is 0. The molecule has 0 aliphatic carbocycles. The number of nitrogens with zero attached hydrogens (tertiary/aromatic N) is 4. The zero-order chi connectivity index (χ0) is 18.9. The van der Waals surface area contributed by atoms with Crippen LogP contribution in [0.5, 0.6) is 0 Å². The van der Waals surface area contributed by atoms with Crippen molar-refractivity contribution in [2.75, 3.05) is 38.7 Å². The molecular formula is C18H21FN4O3. The summed E-state index contributed by atoms with van der Waals surface area (Å²) in [6.07, 6.45) is 1.47. The first kappa shape index (κ1) is 18.2. The number of β-amino-alcohol motifs (C(OH)–C–C–N with tert-alkyl or cyclic N) is 1. The highest BCUT2D eigenvalue weighted by Gasteiger charge is 2.37. The fraction of sp³-hybridized carbons (Fsp3) is 0.389. The summed E-state index contributed by atoms with van der Waals surface area (Å²) in [6.45, 7) is 0.133. The third-order valence-corrected chi connectivity index (χ3v) is 4.45. The molecule has 1 aromatic carbocycles. The average molecular weight is 360 g/mol. The molecule has 1 fully saturated rings. The van der Waals surface area contributed by atoms with Crippen LogP contribution in [-0.2, 0) is 0 Å². The van der Waals surface area contributed by atoms with Gasteiger partial charge in [0.2, 0.25) is 0 Å². The summed E-state index contributed by atoms with van der Waals surface area (Å²) < 4.78 is 13.7. The Labute approximate surface area is 150 Å². The van der Waals surface area contributed by atoms with Crippen LogP contribution in [0.15, 0.2) is 30.5 Å². The van der Waals surface area contributed by atoms with Gasteiger partial charge in [-0.25, -0.2) is 14.4 Å². The fourth-order valence-electron chi connectivity index (χ4n) is 2.91. The van der Waals surface area contributed by atoms with Gasteiger partial charge in [-0.15, -0.1) is 0 Å². The van der Waals surface area contributed by atoms with E-state index in [1.807, 2.05) is 0 Å². The lowest BCUT2D eigenvalue weighted by Gasteiger charge is -2.21. The van der Waals surface area contributed by atoms with Crippen LogP contribution in [0.1, 0.15) is 16.8 Å². The third-order valence-electron chi connectivity index (χ3n) is 4.45. The molecule has 138 valence electrons. The molecule has 26 heavy (non-hydrogen) atoms. The van der Waals surface area contributed by atoms with Crippen LogP contribution in [0.3, 0.4) is 0 Å². The van der Waals surface area contributed by atoms with Gasteiger partial charge in [-0.2, -0.15) is 0 Å². The first-order valence-corrected chi connectivity index (χ1v) is 8.26. The molecule has 2 heterocycles. The van der Waals surface area contributed by atoms with Crippen molar-refractivity contribution in [1.29, 1.82) is 0 Å². The quantitative estimate of drug-likeness (QED) is 0.843. The maximum atomic E-state index is 13.7. The van der Waals surface area contributed by atoms with Gasteiger partial charge in [0.1, 0.15) is 5.60 Å². The SMILES string of the molecule is CN(C)c1nc(-c2ccc(C(=O)N3CC[C@](O)(CO)C3)cc2)ncc1F. The molecule has 1 aliphatic heterocycles. The molecule has 0 spiro atoms. The number of aromatic nitrogens is 2. The number of carbonyl (C=O) groups is 1. The molecule has 1 saturated heterocycles. The smallest absolute Gasteiger partial charge is 0.253 e. The van der Waals surface area contributed by atoms with Crippen molar-refractivity contribution in [3.05, 3.63) is 41.8 Å². The zero-order valence-electron chi connectivity index (χ0n) is 14.7. The molecule has 1 amide bonds. The van der Waals surface area contributed by atoms with E-state index in [2.05, 4.69) is 9.97 Å². The first-order valence-electron chi connectivity index (χ1n) is 8.26. The average Bonchev–Trinajstić information content (AvgIpc) is 3.04. The predicted octanol–water partition coefficient (Wildman–Crippen LogP) is 0.918. The number of aliphatic hydroxyl groups excluding tert-OH is 1. The molecule has 1 aliphatic rings. The number of carbonyl (C=O) groups excluding carboxylic acids is 1. The van der Waals surface area contributed by atoms with Gasteiger partial charge in [-0.1, -0.05) is 12.1 Å². The Kier molecular flexibility index (Phi) is 4.88. The molecule has 0 saturated carbocycles. The minimum atomic E-state index is -1.22. The van der Waals surface area contributed by atoms with Crippen LogP contribution in [0.4, 0.5) is 10.2 Å². The normalized spacial score (nSPS) is 19.7. The number of halogens is 1. The third kappa shape index (κ3) is 3.51. The topological polar surface area (TPSA) is 89.8 Å². The lowest BCUT2D eigenvalue weighted by Crippen LogP contribution is -2.38. The van der Waals surface area contributed by atoms with Crippen LogP contribution < -0.4 is 4.90 Å². The molecule has 1 atom stereocenters. The summed E-state index contributed by atoms with van der Waals surface area (Å²) in [5, 5.41) is 19.3. The second kappa shape index (κ2) is 6.97. The van der Waals surface area contributed by atoms with Crippen molar-refractivity contribution in [1.82, 2.24) is 14.9 Å². The first-order chi connectivity index (χ1) is 12.3. The highest BCUT2D eigenvalue weighted by molar-refractivity contribution is 5.94. The van der Waals surface area contributed by atoms with Crippen molar-refractivity contribution >= 4 is 11.7 Å². The van der Waals surface area contributed by atoms with E-state index in [-0.39, 0.29) is 24.9 Å². The largest absolute Gasteiger partial charge is 0.393 e. The van der Waals surface area contributed by atoms with Gasteiger partial charge in [-0.05, 0) is 18.6 Å². The van der Waals surface area contributed by atoms with E-state index in [4.69, 9.17) is 0 Å². The molecule has 1 aromatic heterocycles. The zero-order valence-corrected chi connectivity index (χ0v) is 14.7. The number of hydrogen-bond donors (Lipinski definition) is 2. The number of aliphatic hydroxyl groups is 2. The summed E-state index contributed by atoms with van der Waals surface area (Å²) in [6, 6.07) is 6.70. The van der Waals surface area contributed by atoms with E-state index < -0.39 is 11.4 Å². The lowest BCUT2D eigenvalue weighted by molar-refractivity contribution is -0.00455. The van der Waals surface area contributed by atoms with Crippen molar-refractivity contribution in [2.24, 2.45) is 0 Å². The number of likely N-dealkylation sites (tertiary alicyclic amines) is 1. The summed E-state index contributed by atoms with van der Waals surface area (Å²) in [5.74, 6) is -0.161. The number of rotatable bonds is 4. The number of anilines is 1.